The van der Waals surface area contributed by atoms with Gasteiger partial charge >= 0.3 is 0 Å². The highest BCUT2D eigenvalue weighted by Crippen LogP contribution is 2.46. The smallest absolute Gasteiger partial charge is 0.269 e. The third kappa shape index (κ3) is 2.59. The molecule has 7 nitrogen and oxygen atoms in total. The third-order valence-corrected chi connectivity index (χ3v) is 7.84. The molecule has 146 valence electrons. The molecule has 4 unspecified atom stereocenters. The Balaban J connectivity index is 1.55. The Morgan fingerprint density at radius 3 is 2.57 bits per heavy atom. The Bertz CT molecular complexity index is 1140. The highest BCUT2D eigenvalue weighted by atomic mass is 32.2. The fraction of sp³-hybridized carbons (Fsp3) is 0.350. The van der Waals surface area contributed by atoms with Gasteiger partial charge in [0.2, 0.25) is 0 Å². The zero-order chi connectivity index (χ0) is 19.5. The number of nitrogens with one attached hydrogen (secondary N) is 1. The van der Waals surface area contributed by atoms with E-state index in [0.717, 1.165) is 24.9 Å². The van der Waals surface area contributed by atoms with Crippen LogP contribution in [-0.4, -0.2) is 34.6 Å². The molecule has 2 bridgehead atoms. The molecule has 3 aromatic rings. The van der Waals surface area contributed by atoms with E-state index in [-0.39, 0.29) is 17.0 Å². The number of hydrogen-bond acceptors (Lipinski definition) is 6. The molecule has 2 fully saturated rings. The van der Waals surface area contributed by atoms with Crippen LogP contribution in [0.25, 0.3) is 11.0 Å². The minimum Gasteiger partial charge on any atom is -0.396 e. The zero-order valence-electron chi connectivity index (χ0n) is 15.2. The van der Waals surface area contributed by atoms with Crippen LogP contribution in [0.4, 0.5) is 11.4 Å². The van der Waals surface area contributed by atoms with Crippen molar-refractivity contribution in [1.82, 2.24) is 8.96 Å². The second-order valence-corrected chi connectivity index (χ2v) is 9.62. The lowest BCUT2D eigenvalue weighted by molar-refractivity contribution is 0.110. The number of aromatic nitrogens is 2. The average molecular weight is 398 g/mol. The third-order valence-electron chi connectivity index (χ3n) is 6.16. The molecule has 0 amide bonds. The van der Waals surface area contributed by atoms with Gasteiger partial charge < -0.3 is 16.2 Å². The van der Waals surface area contributed by atoms with Gasteiger partial charge in [-0.1, -0.05) is 18.2 Å². The molecule has 4 N–H and O–H groups in total. The number of fused-ring (bicyclic) bond motifs is 3. The molecule has 0 spiro atoms. The SMILES string of the molecule is Nc1cnc2c(ccn2S(=O)(=O)c2ccccc2)c1NC1CC2CC1CC2O. The summed E-state index contributed by atoms with van der Waals surface area (Å²) in [6.07, 6.45) is 5.56. The van der Waals surface area contributed by atoms with Crippen LogP contribution in [-0.2, 0) is 10.0 Å². The van der Waals surface area contributed by atoms with E-state index in [1.807, 2.05) is 0 Å². The lowest BCUT2D eigenvalue weighted by atomic mass is 9.93. The van der Waals surface area contributed by atoms with Crippen LogP contribution in [0.1, 0.15) is 19.3 Å². The second kappa shape index (κ2) is 6.22. The maximum Gasteiger partial charge on any atom is 0.269 e. The lowest BCUT2D eigenvalue weighted by Gasteiger charge is -2.27. The number of hydrogen-bond donors (Lipinski definition) is 3. The summed E-state index contributed by atoms with van der Waals surface area (Å²) in [7, 11) is -3.74. The quantitative estimate of drug-likeness (QED) is 0.623. The first-order chi connectivity index (χ1) is 13.4. The van der Waals surface area contributed by atoms with E-state index in [1.54, 1.807) is 36.4 Å². The van der Waals surface area contributed by atoms with Crippen LogP contribution in [0.15, 0.2) is 53.7 Å². The van der Waals surface area contributed by atoms with Crippen molar-refractivity contribution in [1.29, 1.82) is 0 Å². The van der Waals surface area contributed by atoms with Crippen molar-refractivity contribution in [2.75, 3.05) is 11.1 Å². The van der Waals surface area contributed by atoms with Gasteiger partial charge in [-0.25, -0.2) is 17.4 Å². The van der Waals surface area contributed by atoms with E-state index >= 15 is 0 Å². The van der Waals surface area contributed by atoms with Gasteiger partial charge in [-0.2, -0.15) is 0 Å². The summed E-state index contributed by atoms with van der Waals surface area (Å²) in [5.74, 6) is 0.752. The van der Waals surface area contributed by atoms with Gasteiger partial charge in [0.25, 0.3) is 10.0 Å². The average Bonchev–Trinajstić information content (AvgIpc) is 3.38. The van der Waals surface area contributed by atoms with E-state index in [4.69, 9.17) is 5.73 Å². The number of nitrogens with two attached hydrogens (primary N) is 1. The Kier molecular flexibility index (Phi) is 3.89. The van der Waals surface area contributed by atoms with Gasteiger partial charge in [0.05, 0.1) is 28.6 Å². The van der Waals surface area contributed by atoms with Gasteiger partial charge in [-0.05, 0) is 49.3 Å². The van der Waals surface area contributed by atoms with Crippen LogP contribution in [0, 0.1) is 11.8 Å². The van der Waals surface area contributed by atoms with Crippen molar-refractivity contribution in [3.8, 4) is 0 Å². The van der Waals surface area contributed by atoms with Gasteiger partial charge in [-0.3, -0.25) is 0 Å². The Morgan fingerprint density at radius 2 is 1.89 bits per heavy atom. The van der Waals surface area contributed by atoms with Crippen molar-refractivity contribution in [2.45, 2.75) is 36.3 Å². The number of aliphatic hydroxyl groups excluding tert-OH is 1. The monoisotopic (exact) mass is 398 g/mol. The first-order valence-corrected chi connectivity index (χ1v) is 10.9. The zero-order valence-corrected chi connectivity index (χ0v) is 16.0. The summed E-state index contributed by atoms with van der Waals surface area (Å²) in [6.45, 7) is 0. The number of nitrogens with zero attached hydrogens (tertiary/aromatic N) is 2. The molecule has 0 saturated heterocycles. The molecular weight excluding hydrogens is 376 g/mol. The molecule has 2 heterocycles. The summed E-state index contributed by atoms with van der Waals surface area (Å²) >= 11 is 0. The molecule has 8 heteroatoms. The van der Waals surface area contributed by atoms with Gasteiger partial charge in [0, 0.05) is 17.6 Å². The van der Waals surface area contributed by atoms with E-state index in [1.165, 1.54) is 16.4 Å². The maximum absolute atomic E-state index is 13.0. The van der Waals surface area contributed by atoms with Crippen molar-refractivity contribution in [3.05, 3.63) is 48.8 Å². The molecule has 5 rings (SSSR count). The molecule has 0 aliphatic heterocycles. The van der Waals surface area contributed by atoms with E-state index in [9.17, 15) is 13.5 Å². The molecule has 2 aliphatic carbocycles. The Labute approximate surface area is 163 Å². The molecule has 2 aliphatic rings. The molecule has 28 heavy (non-hydrogen) atoms. The first kappa shape index (κ1) is 17.5. The van der Waals surface area contributed by atoms with Crippen LogP contribution < -0.4 is 11.1 Å². The first-order valence-electron chi connectivity index (χ1n) is 9.46. The van der Waals surface area contributed by atoms with Crippen molar-refractivity contribution >= 4 is 32.4 Å². The number of aliphatic hydroxyl groups is 1. The number of rotatable bonds is 4. The Morgan fingerprint density at radius 1 is 1.11 bits per heavy atom. The predicted molar refractivity (Wildman–Crippen MR) is 107 cm³/mol. The van der Waals surface area contributed by atoms with Crippen LogP contribution >= 0.6 is 0 Å². The fourth-order valence-corrected chi connectivity index (χ4v) is 6.07. The molecule has 2 aromatic heterocycles. The largest absolute Gasteiger partial charge is 0.396 e. The minimum atomic E-state index is -3.74. The second-order valence-electron chi connectivity index (χ2n) is 7.80. The number of pyridine rings is 1. The number of nitrogen functional groups attached to an aromatic ring is 1. The number of anilines is 2. The topological polar surface area (TPSA) is 110 Å². The van der Waals surface area contributed by atoms with Crippen LogP contribution in [0.2, 0.25) is 0 Å². The summed E-state index contributed by atoms with van der Waals surface area (Å²) in [4.78, 5) is 4.52. The van der Waals surface area contributed by atoms with Gasteiger partial charge in [0.15, 0.2) is 5.65 Å². The summed E-state index contributed by atoms with van der Waals surface area (Å²) < 4.78 is 27.3. The molecule has 0 radical (unpaired) electrons. The van der Waals surface area contributed by atoms with E-state index < -0.39 is 10.0 Å². The molecule has 1 aromatic carbocycles. The molecule has 2 saturated carbocycles. The lowest BCUT2D eigenvalue weighted by Crippen LogP contribution is -2.31. The van der Waals surface area contributed by atoms with Crippen LogP contribution in [0.3, 0.4) is 0 Å². The normalized spacial score (nSPS) is 26.8. The van der Waals surface area contributed by atoms with Crippen molar-refractivity contribution in [3.63, 3.8) is 0 Å². The van der Waals surface area contributed by atoms with E-state index in [2.05, 4.69) is 10.3 Å². The molecule has 4 atom stereocenters. The highest BCUT2D eigenvalue weighted by Gasteiger charge is 2.45. The maximum atomic E-state index is 13.0. The predicted octanol–water partition coefficient (Wildman–Crippen LogP) is 2.43. The summed E-state index contributed by atoms with van der Waals surface area (Å²) in [5, 5.41) is 14.2. The highest BCUT2D eigenvalue weighted by molar-refractivity contribution is 7.90. The van der Waals surface area contributed by atoms with Gasteiger partial charge in [-0.15, -0.1) is 0 Å². The minimum absolute atomic E-state index is 0.199. The number of benzene rings is 1. The standard InChI is InChI=1S/C20H22N4O3S/c21-16-11-22-20-15(19(16)23-17-9-13-8-12(17)10-18(13)25)6-7-24(20)28(26,27)14-4-2-1-3-5-14/h1-7,11-13,17-18,25H,8-10,21H2,(H,22,23). The van der Waals surface area contributed by atoms with E-state index in [0.29, 0.717) is 28.6 Å². The Hall–Kier alpha value is -2.58. The molecular formula is C20H22N4O3S. The van der Waals surface area contributed by atoms with Crippen LogP contribution in [0.5, 0.6) is 0 Å². The fourth-order valence-electron chi connectivity index (χ4n) is 4.75. The summed E-state index contributed by atoms with van der Waals surface area (Å²) in [6, 6.07) is 10.3. The summed E-state index contributed by atoms with van der Waals surface area (Å²) in [5.41, 5.74) is 7.75. The van der Waals surface area contributed by atoms with Crippen molar-refractivity contribution < 1.29 is 13.5 Å². The van der Waals surface area contributed by atoms with Crippen molar-refractivity contribution in [2.24, 2.45) is 11.8 Å². The van der Waals surface area contributed by atoms with Gasteiger partial charge in [0.1, 0.15) is 0 Å².